The van der Waals surface area contributed by atoms with E-state index in [4.69, 9.17) is 0 Å². The van der Waals surface area contributed by atoms with Gasteiger partial charge in [0.1, 0.15) is 0 Å². The fourth-order valence-electron chi connectivity index (χ4n) is 0.944. The summed E-state index contributed by atoms with van der Waals surface area (Å²) in [5, 5.41) is 5.47. The molecular formula is C8H13NS. The molecule has 56 valence electrons. The SMILES string of the molecule is CCNC(C)c1cccs1. The summed E-state index contributed by atoms with van der Waals surface area (Å²) >= 11 is 1.81. The van der Waals surface area contributed by atoms with E-state index in [0.29, 0.717) is 6.04 Å². The maximum Gasteiger partial charge on any atom is 0.0385 e. The summed E-state index contributed by atoms with van der Waals surface area (Å²) in [6.45, 7) is 5.36. The molecule has 0 aliphatic rings. The summed E-state index contributed by atoms with van der Waals surface area (Å²) in [6.07, 6.45) is 0. The molecule has 10 heavy (non-hydrogen) atoms. The van der Waals surface area contributed by atoms with Crippen LogP contribution in [0.2, 0.25) is 0 Å². The molecule has 0 aliphatic heterocycles. The number of hydrogen-bond acceptors (Lipinski definition) is 2. The third kappa shape index (κ3) is 1.82. The van der Waals surface area contributed by atoms with Crippen LogP contribution in [-0.4, -0.2) is 6.54 Å². The Morgan fingerprint density at radius 3 is 3.00 bits per heavy atom. The summed E-state index contributed by atoms with van der Waals surface area (Å²) < 4.78 is 0. The van der Waals surface area contributed by atoms with Crippen LogP contribution in [0.15, 0.2) is 17.5 Å². The lowest BCUT2D eigenvalue weighted by Gasteiger charge is -2.08. The molecule has 1 rings (SSSR count). The lowest BCUT2D eigenvalue weighted by molar-refractivity contribution is 0.607. The van der Waals surface area contributed by atoms with E-state index in [0.717, 1.165) is 6.54 Å². The normalized spacial score (nSPS) is 13.4. The van der Waals surface area contributed by atoms with E-state index in [9.17, 15) is 0 Å². The summed E-state index contributed by atoms with van der Waals surface area (Å²) in [7, 11) is 0. The highest BCUT2D eigenvalue weighted by molar-refractivity contribution is 7.10. The summed E-state index contributed by atoms with van der Waals surface area (Å²) in [5.74, 6) is 0. The molecule has 0 saturated heterocycles. The van der Waals surface area contributed by atoms with Crippen molar-refractivity contribution in [2.24, 2.45) is 0 Å². The first kappa shape index (κ1) is 7.76. The Hall–Kier alpha value is -0.340. The van der Waals surface area contributed by atoms with Gasteiger partial charge in [-0.15, -0.1) is 11.3 Å². The smallest absolute Gasteiger partial charge is 0.0385 e. The first-order valence-corrected chi connectivity index (χ1v) is 4.49. The van der Waals surface area contributed by atoms with Gasteiger partial charge in [0.05, 0.1) is 0 Å². The Morgan fingerprint density at radius 1 is 1.70 bits per heavy atom. The predicted molar refractivity (Wildman–Crippen MR) is 46.4 cm³/mol. The van der Waals surface area contributed by atoms with Gasteiger partial charge in [0, 0.05) is 10.9 Å². The Kier molecular flexibility index (Phi) is 2.90. The van der Waals surface area contributed by atoms with Gasteiger partial charge in [-0.05, 0) is 24.9 Å². The van der Waals surface area contributed by atoms with Crippen LogP contribution in [0.5, 0.6) is 0 Å². The highest BCUT2D eigenvalue weighted by Gasteiger charge is 2.01. The van der Waals surface area contributed by atoms with Gasteiger partial charge in [0.2, 0.25) is 0 Å². The third-order valence-corrected chi connectivity index (χ3v) is 2.54. The molecule has 0 saturated carbocycles. The van der Waals surface area contributed by atoms with Crippen molar-refractivity contribution in [1.82, 2.24) is 5.32 Å². The van der Waals surface area contributed by atoms with Crippen LogP contribution in [0.4, 0.5) is 0 Å². The monoisotopic (exact) mass is 155 g/mol. The Balaban J connectivity index is 2.50. The van der Waals surface area contributed by atoms with E-state index >= 15 is 0 Å². The van der Waals surface area contributed by atoms with Crippen molar-refractivity contribution in [2.45, 2.75) is 19.9 Å². The Bertz CT molecular complexity index is 169. The number of nitrogens with one attached hydrogen (secondary N) is 1. The second kappa shape index (κ2) is 3.74. The molecule has 0 aromatic carbocycles. The third-order valence-electron chi connectivity index (χ3n) is 1.48. The first-order chi connectivity index (χ1) is 4.84. The minimum absolute atomic E-state index is 0.519. The largest absolute Gasteiger partial charge is 0.310 e. The molecule has 1 atom stereocenters. The quantitative estimate of drug-likeness (QED) is 0.707. The molecule has 1 N–H and O–H groups in total. The molecule has 1 nitrogen and oxygen atoms in total. The van der Waals surface area contributed by atoms with Crippen molar-refractivity contribution >= 4 is 11.3 Å². The molecule has 1 aromatic heterocycles. The topological polar surface area (TPSA) is 12.0 Å². The van der Waals surface area contributed by atoms with E-state index in [2.05, 4.69) is 36.7 Å². The Labute approximate surface area is 66.1 Å². The standard InChI is InChI=1S/C8H13NS/c1-3-9-7(2)8-5-4-6-10-8/h4-7,9H,3H2,1-2H3. The van der Waals surface area contributed by atoms with Crippen molar-refractivity contribution < 1.29 is 0 Å². The summed E-state index contributed by atoms with van der Waals surface area (Å²) in [6, 6.07) is 4.77. The van der Waals surface area contributed by atoms with Crippen LogP contribution in [0.1, 0.15) is 24.8 Å². The average molecular weight is 155 g/mol. The van der Waals surface area contributed by atoms with Gasteiger partial charge in [0.25, 0.3) is 0 Å². The highest BCUT2D eigenvalue weighted by Crippen LogP contribution is 2.17. The van der Waals surface area contributed by atoms with Gasteiger partial charge in [-0.1, -0.05) is 13.0 Å². The molecule has 0 radical (unpaired) electrons. The molecule has 1 unspecified atom stereocenters. The van der Waals surface area contributed by atoms with Gasteiger partial charge in [-0.2, -0.15) is 0 Å². The van der Waals surface area contributed by atoms with Crippen molar-refractivity contribution in [3.63, 3.8) is 0 Å². The molecule has 1 aromatic rings. The summed E-state index contributed by atoms with van der Waals surface area (Å²) in [4.78, 5) is 1.42. The highest BCUT2D eigenvalue weighted by atomic mass is 32.1. The number of hydrogen-bond donors (Lipinski definition) is 1. The van der Waals surface area contributed by atoms with Crippen LogP contribution in [0.3, 0.4) is 0 Å². The molecule has 0 spiro atoms. The van der Waals surface area contributed by atoms with Crippen LogP contribution in [0.25, 0.3) is 0 Å². The molecule has 2 heteroatoms. The average Bonchev–Trinajstić information content (AvgIpc) is 2.38. The zero-order valence-corrected chi connectivity index (χ0v) is 7.24. The Morgan fingerprint density at radius 2 is 2.50 bits per heavy atom. The van der Waals surface area contributed by atoms with E-state index < -0.39 is 0 Å². The zero-order valence-electron chi connectivity index (χ0n) is 6.42. The van der Waals surface area contributed by atoms with Gasteiger partial charge in [-0.3, -0.25) is 0 Å². The lowest BCUT2D eigenvalue weighted by atomic mass is 10.3. The lowest BCUT2D eigenvalue weighted by Crippen LogP contribution is -2.16. The molecule has 0 amide bonds. The molecular weight excluding hydrogens is 142 g/mol. The van der Waals surface area contributed by atoms with Crippen molar-refractivity contribution in [3.8, 4) is 0 Å². The van der Waals surface area contributed by atoms with Crippen LogP contribution >= 0.6 is 11.3 Å². The van der Waals surface area contributed by atoms with E-state index in [-0.39, 0.29) is 0 Å². The molecule has 0 fully saturated rings. The van der Waals surface area contributed by atoms with Gasteiger partial charge in [-0.25, -0.2) is 0 Å². The number of rotatable bonds is 3. The minimum atomic E-state index is 0.519. The van der Waals surface area contributed by atoms with Crippen molar-refractivity contribution in [2.75, 3.05) is 6.54 Å². The van der Waals surface area contributed by atoms with E-state index in [1.807, 2.05) is 11.3 Å². The van der Waals surface area contributed by atoms with Crippen molar-refractivity contribution in [3.05, 3.63) is 22.4 Å². The molecule has 0 bridgehead atoms. The number of thiophene rings is 1. The van der Waals surface area contributed by atoms with Crippen LogP contribution in [-0.2, 0) is 0 Å². The zero-order chi connectivity index (χ0) is 7.40. The van der Waals surface area contributed by atoms with E-state index in [1.165, 1.54) is 4.88 Å². The van der Waals surface area contributed by atoms with E-state index in [1.54, 1.807) is 0 Å². The van der Waals surface area contributed by atoms with Gasteiger partial charge >= 0.3 is 0 Å². The predicted octanol–water partition coefficient (Wildman–Crippen LogP) is 2.42. The van der Waals surface area contributed by atoms with Crippen LogP contribution < -0.4 is 5.32 Å². The van der Waals surface area contributed by atoms with Crippen molar-refractivity contribution in [1.29, 1.82) is 0 Å². The minimum Gasteiger partial charge on any atom is -0.310 e. The molecule has 0 aliphatic carbocycles. The second-order valence-electron chi connectivity index (χ2n) is 2.29. The second-order valence-corrected chi connectivity index (χ2v) is 3.27. The van der Waals surface area contributed by atoms with Gasteiger partial charge < -0.3 is 5.32 Å². The van der Waals surface area contributed by atoms with Gasteiger partial charge in [0.15, 0.2) is 0 Å². The fourth-order valence-corrected chi connectivity index (χ4v) is 1.70. The first-order valence-electron chi connectivity index (χ1n) is 3.61. The summed E-state index contributed by atoms with van der Waals surface area (Å²) in [5.41, 5.74) is 0. The van der Waals surface area contributed by atoms with Crippen LogP contribution in [0, 0.1) is 0 Å². The maximum absolute atomic E-state index is 3.36. The maximum atomic E-state index is 3.36. The molecule has 1 heterocycles. The fraction of sp³-hybridized carbons (Fsp3) is 0.500.